The van der Waals surface area contributed by atoms with Crippen LogP contribution in [0.4, 0.5) is 0 Å². The first-order valence-corrected chi connectivity index (χ1v) is 6.15. The molecular weight excluding hydrogens is 230 g/mol. The van der Waals surface area contributed by atoms with E-state index in [0.717, 1.165) is 12.0 Å². The van der Waals surface area contributed by atoms with E-state index in [4.69, 9.17) is 4.52 Å². The van der Waals surface area contributed by atoms with Crippen LogP contribution in [0.1, 0.15) is 32.1 Å². The third-order valence-corrected chi connectivity index (χ3v) is 3.21. The number of rotatable bonds is 5. The fourth-order valence-electron chi connectivity index (χ4n) is 2.05. The molecule has 0 bridgehead atoms. The van der Waals surface area contributed by atoms with Crippen LogP contribution in [-0.4, -0.2) is 33.0 Å². The second-order valence-corrected chi connectivity index (χ2v) is 4.45. The monoisotopic (exact) mass is 249 g/mol. The van der Waals surface area contributed by atoms with Crippen molar-refractivity contribution in [3.05, 3.63) is 18.3 Å². The molecule has 2 heterocycles. The van der Waals surface area contributed by atoms with Crippen LogP contribution in [0.5, 0.6) is 0 Å². The molecule has 2 atom stereocenters. The Morgan fingerprint density at radius 3 is 2.83 bits per heavy atom. The van der Waals surface area contributed by atoms with Crippen LogP contribution in [0.15, 0.2) is 16.9 Å². The van der Waals surface area contributed by atoms with Crippen LogP contribution < -0.4 is 5.32 Å². The topological polar surface area (TPSA) is 68.8 Å². The molecule has 0 aromatic carbocycles. The van der Waals surface area contributed by atoms with Gasteiger partial charge in [0.1, 0.15) is 0 Å². The molecule has 0 fully saturated rings. The molecule has 2 rings (SSSR count). The van der Waals surface area contributed by atoms with Crippen molar-refractivity contribution >= 4 is 0 Å². The van der Waals surface area contributed by atoms with Crippen LogP contribution in [0.25, 0.3) is 11.4 Å². The first kappa shape index (κ1) is 12.8. The molecule has 2 aromatic heterocycles. The molecule has 0 aliphatic carbocycles. The van der Waals surface area contributed by atoms with Crippen molar-refractivity contribution in [1.82, 2.24) is 25.2 Å². The lowest BCUT2D eigenvalue weighted by Gasteiger charge is -2.18. The molecule has 18 heavy (non-hydrogen) atoms. The Hall–Kier alpha value is -1.69. The summed E-state index contributed by atoms with van der Waals surface area (Å²) in [6.45, 7) is 4.22. The number of hydrogen-bond acceptors (Lipinski definition) is 5. The summed E-state index contributed by atoms with van der Waals surface area (Å²) in [4.78, 5) is 4.44. The first-order chi connectivity index (χ1) is 8.65. The van der Waals surface area contributed by atoms with Gasteiger partial charge in [0.15, 0.2) is 0 Å². The molecular formula is C12H19N5O. The van der Waals surface area contributed by atoms with Gasteiger partial charge in [-0.25, -0.2) is 0 Å². The Bertz CT molecular complexity index is 500. The summed E-state index contributed by atoms with van der Waals surface area (Å²) in [5.74, 6) is 1.45. The molecule has 98 valence electrons. The largest absolute Gasteiger partial charge is 0.339 e. The highest BCUT2D eigenvalue weighted by Crippen LogP contribution is 2.22. The summed E-state index contributed by atoms with van der Waals surface area (Å²) >= 11 is 0. The smallest absolute Gasteiger partial charge is 0.231 e. The normalized spacial score (nSPS) is 14.7. The highest BCUT2D eigenvalue weighted by Gasteiger charge is 2.22. The lowest BCUT2D eigenvalue weighted by molar-refractivity contribution is 0.326. The molecule has 0 saturated heterocycles. The van der Waals surface area contributed by atoms with Gasteiger partial charge in [-0.05, 0) is 13.5 Å². The maximum Gasteiger partial charge on any atom is 0.231 e. The zero-order valence-corrected chi connectivity index (χ0v) is 11.2. The fourth-order valence-corrected chi connectivity index (χ4v) is 2.05. The predicted molar refractivity (Wildman–Crippen MR) is 68.1 cm³/mol. The molecule has 0 amide bonds. The number of likely N-dealkylation sites (N-methyl/N-ethyl adjacent to an activating group) is 1. The van der Waals surface area contributed by atoms with Gasteiger partial charge < -0.3 is 9.84 Å². The number of nitrogens with one attached hydrogen (secondary N) is 1. The van der Waals surface area contributed by atoms with E-state index in [1.807, 2.05) is 20.3 Å². The minimum Gasteiger partial charge on any atom is -0.339 e. The third-order valence-electron chi connectivity index (χ3n) is 3.21. The summed E-state index contributed by atoms with van der Waals surface area (Å²) in [5, 5.41) is 11.4. The van der Waals surface area contributed by atoms with Crippen molar-refractivity contribution < 1.29 is 4.52 Å². The van der Waals surface area contributed by atoms with E-state index in [1.54, 1.807) is 10.9 Å². The standard InChI is InChI=1S/C12H19N5O/c1-5-10(13-3)8(2)12-15-11(16-18-12)9-6-14-17(4)7-9/h6-8,10,13H,5H2,1-4H3. The maximum absolute atomic E-state index is 5.34. The molecule has 2 aromatic rings. The van der Waals surface area contributed by atoms with Gasteiger partial charge in [-0.1, -0.05) is 19.0 Å². The summed E-state index contributed by atoms with van der Waals surface area (Å²) in [5.41, 5.74) is 0.872. The van der Waals surface area contributed by atoms with Gasteiger partial charge in [0.05, 0.1) is 17.7 Å². The van der Waals surface area contributed by atoms with E-state index in [2.05, 4.69) is 34.4 Å². The Kier molecular flexibility index (Phi) is 3.76. The lowest BCUT2D eigenvalue weighted by atomic mass is 10.00. The van der Waals surface area contributed by atoms with Crippen LogP contribution in [-0.2, 0) is 7.05 Å². The van der Waals surface area contributed by atoms with Crippen molar-refractivity contribution in [3.8, 4) is 11.4 Å². The number of aromatic nitrogens is 4. The summed E-state index contributed by atoms with van der Waals surface area (Å²) in [6.07, 6.45) is 4.62. The average molecular weight is 249 g/mol. The minimum absolute atomic E-state index is 0.193. The van der Waals surface area contributed by atoms with Crippen molar-refractivity contribution in [2.45, 2.75) is 32.2 Å². The van der Waals surface area contributed by atoms with E-state index in [9.17, 15) is 0 Å². The minimum atomic E-state index is 0.193. The van der Waals surface area contributed by atoms with Crippen molar-refractivity contribution in [3.63, 3.8) is 0 Å². The molecule has 0 radical (unpaired) electrons. The third kappa shape index (κ3) is 2.43. The zero-order valence-electron chi connectivity index (χ0n) is 11.2. The van der Waals surface area contributed by atoms with E-state index < -0.39 is 0 Å². The predicted octanol–water partition coefficient (Wildman–Crippen LogP) is 1.57. The fraction of sp³-hybridized carbons (Fsp3) is 0.583. The second-order valence-electron chi connectivity index (χ2n) is 4.45. The second kappa shape index (κ2) is 5.30. The molecule has 0 aliphatic heterocycles. The molecule has 0 aliphatic rings. The number of aryl methyl sites for hydroxylation is 1. The number of hydrogen-bond donors (Lipinski definition) is 1. The van der Waals surface area contributed by atoms with Gasteiger partial charge in [-0.2, -0.15) is 10.1 Å². The van der Waals surface area contributed by atoms with Crippen LogP contribution in [0.2, 0.25) is 0 Å². The van der Waals surface area contributed by atoms with E-state index in [0.29, 0.717) is 17.8 Å². The molecule has 6 heteroatoms. The number of nitrogens with zero attached hydrogens (tertiary/aromatic N) is 4. The highest BCUT2D eigenvalue weighted by atomic mass is 16.5. The summed E-state index contributed by atoms with van der Waals surface area (Å²) in [7, 11) is 3.81. The van der Waals surface area contributed by atoms with Crippen molar-refractivity contribution in [1.29, 1.82) is 0 Å². The Morgan fingerprint density at radius 2 is 2.28 bits per heavy atom. The Balaban J connectivity index is 2.20. The summed E-state index contributed by atoms with van der Waals surface area (Å²) < 4.78 is 7.06. The van der Waals surface area contributed by atoms with Crippen LogP contribution in [0.3, 0.4) is 0 Å². The molecule has 2 unspecified atom stereocenters. The van der Waals surface area contributed by atoms with Crippen LogP contribution >= 0.6 is 0 Å². The lowest BCUT2D eigenvalue weighted by Crippen LogP contribution is -2.30. The van der Waals surface area contributed by atoms with Crippen molar-refractivity contribution in [2.75, 3.05) is 7.05 Å². The first-order valence-electron chi connectivity index (χ1n) is 6.15. The van der Waals surface area contributed by atoms with E-state index in [-0.39, 0.29) is 5.92 Å². The van der Waals surface area contributed by atoms with Gasteiger partial charge in [0.2, 0.25) is 11.7 Å². The molecule has 0 saturated carbocycles. The van der Waals surface area contributed by atoms with Gasteiger partial charge in [0, 0.05) is 19.3 Å². The average Bonchev–Trinajstić information content (AvgIpc) is 2.98. The molecule has 1 N–H and O–H groups in total. The SMILES string of the molecule is CCC(NC)C(C)c1nc(-c2cnn(C)c2)no1. The van der Waals surface area contributed by atoms with Crippen molar-refractivity contribution in [2.24, 2.45) is 7.05 Å². The molecule has 0 spiro atoms. The van der Waals surface area contributed by atoms with Gasteiger partial charge in [0.25, 0.3) is 0 Å². The summed E-state index contributed by atoms with van der Waals surface area (Å²) in [6, 6.07) is 0.340. The van der Waals surface area contributed by atoms with Crippen LogP contribution in [0, 0.1) is 0 Å². The van der Waals surface area contributed by atoms with Gasteiger partial charge >= 0.3 is 0 Å². The zero-order chi connectivity index (χ0) is 13.1. The highest BCUT2D eigenvalue weighted by molar-refractivity contribution is 5.51. The van der Waals surface area contributed by atoms with Gasteiger partial charge in [-0.3, -0.25) is 4.68 Å². The maximum atomic E-state index is 5.34. The quantitative estimate of drug-likeness (QED) is 0.871. The Morgan fingerprint density at radius 1 is 1.50 bits per heavy atom. The van der Waals surface area contributed by atoms with E-state index in [1.165, 1.54) is 0 Å². The van der Waals surface area contributed by atoms with Gasteiger partial charge in [-0.15, -0.1) is 0 Å². The Labute approximate surface area is 106 Å². The van der Waals surface area contributed by atoms with E-state index >= 15 is 0 Å². The molecule has 6 nitrogen and oxygen atoms in total.